The molecule has 4 rings (SSSR count). The summed E-state index contributed by atoms with van der Waals surface area (Å²) in [5.41, 5.74) is 5.86. The maximum Gasteiger partial charge on any atom is 0.254 e. The van der Waals surface area contributed by atoms with Crippen molar-refractivity contribution >= 4 is 17.8 Å². The maximum absolute atomic E-state index is 4.53. The number of hydrogen-bond donors (Lipinski definition) is 1. The van der Waals surface area contributed by atoms with E-state index in [9.17, 15) is 0 Å². The van der Waals surface area contributed by atoms with Gasteiger partial charge in [-0.1, -0.05) is 60.7 Å². The lowest BCUT2D eigenvalue weighted by atomic mass is 10.1. The van der Waals surface area contributed by atoms with Crippen molar-refractivity contribution in [1.82, 2.24) is 19.6 Å². The number of hydrogen-bond acceptors (Lipinski definition) is 5. The van der Waals surface area contributed by atoms with Crippen LogP contribution < -0.4 is 5.43 Å². The Hall–Kier alpha value is -3.54. The Morgan fingerprint density at radius 1 is 0.958 bits per heavy atom. The summed E-state index contributed by atoms with van der Waals surface area (Å²) in [5.74, 6) is 1.22. The van der Waals surface area contributed by atoms with E-state index in [4.69, 9.17) is 0 Å². The second kappa shape index (κ2) is 6.29. The first-order chi connectivity index (χ1) is 11.9. The van der Waals surface area contributed by atoms with Gasteiger partial charge < -0.3 is 0 Å². The highest BCUT2D eigenvalue weighted by atomic mass is 15.4. The van der Waals surface area contributed by atoms with Gasteiger partial charge in [-0.3, -0.25) is 5.43 Å². The summed E-state index contributed by atoms with van der Waals surface area (Å²) in [5, 5.41) is 8.47. The van der Waals surface area contributed by atoms with Gasteiger partial charge in [-0.15, -0.1) is 0 Å². The number of benzene rings is 2. The molecule has 1 N–H and O–H groups in total. The molecule has 2 aromatic carbocycles. The number of anilines is 1. The largest absolute Gasteiger partial charge is 0.261 e. The maximum atomic E-state index is 4.53. The van der Waals surface area contributed by atoms with Gasteiger partial charge in [0.05, 0.1) is 11.9 Å². The van der Waals surface area contributed by atoms with Crippen LogP contribution in [0.15, 0.2) is 78.2 Å². The molecule has 2 heterocycles. The van der Waals surface area contributed by atoms with Gasteiger partial charge in [0, 0.05) is 11.6 Å². The highest BCUT2D eigenvalue weighted by molar-refractivity contribution is 5.80. The van der Waals surface area contributed by atoms with E-state index in [1.54, 1.807) is 10.7 Å². The minimum Gasteiger partial charge on any atom is -0.261 e. The third kappa shape index (κ3) is 2.85. The quantitative estimate of drug-likeness (QED) is 0.464. The van der Waals surface area contributed by atoms with Gasteiger partial charge in [-0.05, 0) is 5.56 Å². The van der Waals surface area contributed by atoms with Crippen molar-refractivity contribution in [3.8, 4) is 11.3 Å². The smallest absolute Gasteiger partial charge is 0.254 e. The molecule has 0 atom stereocenters. The first-order valence-electron chi connectivity index (χ1n) is 7.50. The van der Waals surface area contributed by atoms with Crippen LogP contribution in [0.2, 0.25) is 0 Å². The molecule has 2 aromatic heterocycles. The summed E-state index contributed by atoms with van der Waals surface area (Å²) < 4.78 is 1.62. The first-order valence-corrected chi connectivity index (χ1v) is 7.50. The highest BCUT2D eigenvalue weighted by Gasteiger charge is 2.08. The third-order valence-electron chi connectivity index (χ3n) is 3.51. The molecule has 0 amide bonds. The molecule has 0 saturated carbocycles. The van der Waals surface area contributed by atoms with Crippen molar-refractivity contribution in [3.05, 3.63) is 78.6 Å². The van der Waals surface area contributed by atoms with E-state index < -0.39 is 0 Å². The molecule has 0 radical (unpaired) electrons. The molecule has 0 unspecified atom stereocenters. The third-order valence-corrected chi connectivity index (χ3v) is 3.51. The average Bonchev–Trinajstić information content (AvgIpc) is 3.12. The Labute approximate surface area is 138 Å². The fourth-order valence-corrected chi connectivity index (χ4v) is 2.36. The zero-order valence-corrected chi connectivity index (χ0v) is 12.7. The summed E-state index contributed by atoms with van der Waals surface area (Å²) in [4.78, 5) is 8.71. The molecular formula is C18H14N6. The monoisotopic (exact) mass is 314 g/mol. The Kier molecular flexibility index (Phi) is 3.69. The average molecular weight is 314 g/mol. The molecule has 0 aliphatic carbocycles. The standard InChI is InChI=1S/C18H14N6/c1-3-7-14(8-4-1)12-20-23-17-11-16(15-9-5-2-6-10-15)22-18-19-13-21-24(17)18/h1-13,23H/b20-12+. The summed E-state index contributed by atoms with van der Waals surface area (Å²) in [6, 6.07) is 21.7. The molecule has 6 heteroatoms. The minimum absolute atomic E-state index is 0.522. The molecule has 6 nitrogen and oxygen atoms in total. The van der Waals surface area contributed by atoms with Gasteiger partial charge in [0.1, 0.15) is 6.33 Å². The molecule has 4 aromatic rings. The number of nitrogens with zero attached hydrogens (tertiary/aromatic N) is 5. The molecular weight excluding hydrogens is 300 g/mol. The summed E-state index contributed by atoms with van der Waals surface area (Å²) in [6.45, 7) is 0. The van der Waals surface area contributed by atoms with Crippen LogP contribution in [0.4, 0.5) is 5.82 Å². The topological polar surface area (TPSA) is 67.5 Å². The summed E-state index contributed by atoms with van der Waals surface area (Å²) in [7, 11) is 0. The van der Waals surface area contributed by atoms with Crippen LogP contribution in [-0.2, 0) is 0 Å². The fraction of sp³-hybridized carbons (Fsp3) is 0. The van der Waals surface area contributed by atoms with Gasteiger partial charge in [0.2, 0.25) is 0 Å². The van der Waals surface area contributed by atoms with Crippen LogP contribution in [0.3, 0.4) is 0 Å². The fourth-order valence-electron chi connectivity index (χ4n) is 2.36. The Bertz CT molecular complexity index is 976. The zero-order valence-electron chi connectivity index (χ0n) is 12.7. The Morgan fingerprint density at radius 3 is 2.50 bits per heavy atom. The van der Waals surface area contributed by atoms with E-state index in [0.717, 1.165) is 16.8 Å². The molecule has 0 aliphatic rings. The van der Waals surface area contributed by atoms with Crippen LogP contribution in [0, 0.1) is 0 Å². The normalized spacial score (nSPS) is 11.2. The number of rotatable bonds is 4. The van der Waals surface area contributed by atoms with E-state index in [2.05, 4.69) is 25.6 Å². The van der Waals surface area contributed by atoms with Crippen molar-refractivity contribution < 1.29 is 0 Å². The highest BCUT2D eigenvalue weighted by Crippen LogP contribution is 2.21. The molecule has 0 bridgehead atoms. The molecule has 116 valence electrons. The van der Waals surface area contributed by atoms with Crippen LogP contribution >= 0.6 is 0 Å². The Balaban J connectivity index is 1.69. The van der Waals surface area contributed by atoms with E-state index in [0.29, 0.717) is 11.6 Å². The van der Waals surface area contributed by atoms with E-state index >= 15 is 0 Å². The van der Waals surface area contributed by atoms with E-state index in [1.165, 1.54) is 6.33 Å². The summed E-state index contributed by atoms with van der Waals surface area (Å²) in [6.07, 6.45) is 3.23. The zero-order chi connectivity index (χ0) is 16.2. The molecule has 24 heavy (non-hydrogen) atoms. The Morgan fingerprint density at radius 2 is 1.71 bits per heavy atom. The first kappa shape index (κ1) is 14.1. The van der Waals surface area contributed by atoms with Gasteiger partial charge in [0.15, 0.2) is 5.82 Å². The number of fused-ring (bicyclic) bond motifs is 1. The van der Waals surface area contributed by atoms with Crippen LogP contribution in [0.5, 0.6) is 0 Å². The lowest BCUT2D eigenvalue weighted by Gasteiger charge is -2.06. The SMILES string of the molecule is C(=N\Nc1cc(-c2ccccc2)nc2ncnn12)/c1ccccc1. The van der Waals surface area contributed by atoms with Gasteiger partial charge in [-0.2, -0.15) is 19.7 Å². The van der Waals surface area contributed by atoms with Gasteiger partial charge in [-0.25, -0.2) is 4.98 Å². The van der Waals surface area contributed by atoms with Crippen molar-refractivity contribution in [1.29, 1.82) is 0 Å². The predicted molar refractivity (Wildman–Crippen MR) is 93.9 cm³/mol. The number of aromatic nitrogens is 4. The van der Waals surface area contributed by atoms with E-state index in [1.807, 2.05) is 66.7 Å². The molecule has 0 aliphatic heterocycles. The van der Waals surface area contributed by atoms with Crippen molar-refractivity contribution in [2.24, 2.45) is 5.10 Å². The van der Waals surface area contributed by atoms with Crippen LogP contribution in [0.25, 0.3) is 17.0 Å². The number of nitrogens with one attached hydrogen (secondary N) is 1. The lowest BCUT2D eigenvalue weighted by Crippen LogP contribution is -2.02. The molecule has 0 saturated heterocycles. The second-order valence-corrected chi connectivity index (χ2v) is 5.15. The second-order valence-electron chi connectivity index (χ2n) is 5.15. The van der Waals surface area contributed by atoms with Crippen LogP contribution in [-0.4, -0.2) is 25.8 Å². The minimum atomic E-state index is 0.522. The lowest BCUT2D eigenvalue weighted by molar-refractivity contribution is 0.938. The van der Waals surface area contributed by atoms with Gasteiger partial charge >= 0.3 is 0 Å². The van der Waals surface area contributed by atoms with Crippen molar-refractivity contribution in [2.45, 2.75) is 0 Å². The summed E-state index contributed by atoms with van der Waals surface area (Å²) >= 11 is 0. The number of hydrazone groups is 1. The van der Waals surface area contributed by atoms with Gasteiger partial charge in [0.25, 0.3) is 5.78 Å². The molecule has 0 spiro atoms. The van der Waals surface area contributed by atoms with E-state index in [-0.39, 0.29) is 0 Å². The van der Waals surface area contributed by atoms with Crippen LogP contribution in [0.1, 0.15) is 5.56 Å². The molecule has 0 fully saturated rings. The van der Waals surface area contributed by atoms with Crippen molar-refractivity contribution in [3.63, 3.8) is 0 Å². The van der Waals surface area contributed by atoms with Crippen molar-refractivity contribution in [2.75, 3.05) is 5.43 Å². The predicted octanol–water partition coefficient (Wildman–Crippen LogP) is 3.24.